The number of carbonyl (C=O) groups is 2. The van der Waals surface area contributed by atoms with E-state index in [0.717, 1.165) is 6.07 Å². The van der Waals surface area contributed by atoms with Crippen LogP contribution in [0, 0.1) is 10.1 Å². The molecule has 0 bridgehead atoms. The molecule has 2 aromatic carbocycles. The maximum Gasteiger partial charge on any atom is 0.320 e. The maximum absolute atomic E-state index is 13.5. The van der Waals surface area contributed by atoms with Gasteiger partial charge in [0.05, 0.1) is 28.1 Å². The molecule has 4 rings (SSSR count). The zero-order valence-corrected chi connectivity index (χ0v) is 13.5. The van der Waals surface area contributed by atoms with Gasteiger partial charge in [-0.05, 0) is 18.2 Å². The molecule has 2 amide bonds. The van der Waals surface area contributed by atoms with Crippen LogP contribution >= 0.6 is 0 Å². The lowest BCUT2D eigenvalue weighted by molar-refractivity contribution is -0.385. The average Bonchev–Trinajstić information content (AvgIpc) is 3.12. The number of hydrogen-bond acceptors (Lipinski definition) is 5. The number of benzene rings is 2. The third-order valence-corrected chi connectivity index (χ3v) is 4.34. The number of halogens is 2. The van der Waals surface area contributed by atoms with Crippen LogP contribution in [0.5, 0.6) is 0 Å². The van der Waals surface area contributed by atoms with Crippen molar-refractivity contribution in [3.8, 4) is 0 Å². The Kier molecular flexibility index (Phi) is 3.69. The Morgan fingerprint density at radius 2 is 1.81 bits per heavy atom. The van der Waals surface area contributed by atoms with Gasteiger partial charge in [-0.2, -0.15) is 8.78 Å². The van der Waals surface area contributed by atoms with E-state index in [1.54, 1.807) is 12.1 Å². The Morgan fingerprint density at radius 3 is 2.52 bits per heavy atom. The van der Waals surface area contributed by atoms with Crippen LogP contribution < -0.4 is 0 Å². The smallest absolute Gasteiger partial charge is 0.269 e. The first-order valence-corrected chi connectivity index (χ1v) is 7.77. The van der Waals surface area contributed by atoms with Gasteiger partial charge in [-0.25, -0.2) is 4.98 Å². The van der Waals surface area contributed by atoms with Crippen molar-refractivity contribution in [3.63, 3.8) is 0 Å². The van der Waals surface area contributed by atoms with E-state index in [0.29, 0.717) is 9.47 Å². The zero-order chi connectivity index (χ0) is 19.3. The molecule has 0 saturated heterocycles. The van der Waals surface area contributed by atoms with Gasteiger partial charge in [0.2, 0.25) is 0 Å². The fraction of sp³-hybridized carbons (Fsp3) is 0.118. The Morgan fingerprint density at radius 1 is 1.07 bits per heavy atom. The number of carbonyl (C=O) groups excluding carboxylic acids is 2. The van der Waals surface area contributed by atoms with Crippen molar-refractivity contribution < 1.29 is 23.3 Å². The highest BCUT2D eigenvalue weighted by molar-refractivity contribution is 6.23. The lowest BCUT2D eigenvalue weighted by atomic mass is 10.1. The fourth-order valence-electron chi connectivity index (χ4n) is 3.18. The number of amides is 2. The van der Waals surface area contributed by atoms with E-state index < -0.39 is 35.5 Å². The molecule has 0 fully saturated rings. The van der Waals surface area contributed by atoms with Crippen molar-refractivity contribution in [2.45, 2.75) is 13.1 Å². The molecule has 27 heavy (non-hydrogen) atoms. The molecular weight excluding hydrogens is 362 g/mol. The van der Waals surface area contributed by atoms with Crippen molar-refractivity contribution in [2.24, 2.45) is 0 Å². The molecule has 0 unspecified atom stereocenters. The standard InChI is InChI=1S/C17H10F2N4O4/c18-17(19)22-11-6-2-1-5-10(11)20-13(22)8-21-15(24)9-4-3-7-12(23(26)27)14(9)16(21)25/h1-7,17H,8H2. The van der Waals surface area contributed by atoms with E-state index in [1.165, 1.54) is 24.3 Å². The number of fused-ring (bicyclic) bond motifs is 2. The van der Waals surface area contributed by atoms with Gasteiger partial charge < -0.3 is 0 Å². The summed E-state index contributed by atoms with van der Waals surface area (Å²) in [5.41, 5.74) is -0.530. The van der Waals surface area contributed by atoms with Gasteiger partial charge in [0, 0.05) is 6.07 Å². The number of rotatable bonds is 4. The van der Waals surface area contributed by atoms with Crippen LogP contribution in [0.3, 0.4) is 0 Å². The first kappa shape index (κ1) is 16.8. The number of para-hydroxylation sites is 2. The van der Waals surface area contributed by atoms with E-state index in [9.17, 15) is 28.5 Å². The largest absolute Gasteiger partial charge is 0.320 e. The quantitative estimate of drug-likeness (QED) is 0.398. The predicted octanol–water partition coefficient (Wildman–Crippen LogP) is 3.14. The van der Waals surface area contributed by atoms with Gasteiger partial charge >= 0.3 is 6.55 Å². The van der Waals surface area contributed by atoms with Crippen molar-refractivity contribution in [2.75, 3.05) is 0 Å². The molecule has 1 aliphatic rings. The highest BCUT2D eigenvalue weighted by Gasteiger charge is 2.41. The second kappa shape index (κ2) is 5.94. The Hall–Kier alpha value is -3.69. The minimum atomic E-state index is -2.93. The van der Waals surface area contributed by atoms with Gasteiger partial charge in [-0.1, -0.05) is 18.2 Å². The lowest BCUT2D eigenvalue weighted by Gasteiger charge is -2.14. The number of alkyl halides is 2. The SMILES string of the molecule is O=C1c2cccc([N+](=O)[O-])c2C(=O)N1Cc1nc2ccccc2n1C(F)F. The van der Waals surface area contributed by atoms with Crippen LogP contribution in [0.15, 0.2) is 42.5 Å². The van der Waals surface area contributed by atoms with Gasteiger partial charge in [-0.15, -0.1) is 0 Å². The molecule has 2 heterocycles. The predicted molar refractivity (Wildman–Crippen MR) is 88.3 cm³/mol. The van der Waals surface area contributed by atoms with Gasteiger partial charge in [-0.3, -0.25) is 29.2 Å². The van der Waals surface area contributed by atoms with Crippen LogP contribution in [-0.4, -0.2) is 31.2 Å². The summed E-state index contributed by atoms with van der Waals surface area (Å²) >= 11 is 0. The van der Waals surface area contributed by atoms with Gasteiger partial charge in [0.15, 0.2) is 0 Å². The van der Waals surface area contributed by atoms with Crippen molar-refractivity contribution >= 4 is 28.5 Å². The number of imidazole rings is 1. The zero-order valence-electron chi connectivity index (χ0n) is 13.5. The van der Waals surface area contributed by atoms with Crippen LogP contribution in [-0.2, 0) is 6.54 Å². The van der Waals surface area contributed by atoms with E-state index >= 15 is 0 Å². The number of nitro benzene ring substituents is 1. The number of hydrogen-bond donors (Lipinski definition) is 0. The van der Waals surface area contributed by atoms with Crippen LogP contribution in [0.25, 0.3) is 11.0 Å². The summed E-state index contributed by atoms with van der Waals surface area (Å²) in [7, 11) is 0. The minimum absolute atomic E-state index is 0.131. The molecule has 10 heteroatoms. The van der Waals surface area contributed by atoms with E-state index in [2.05, 4.69) is 4.98 Å². The molecule has 8 nitrogen and oxygen atoms in total. The normalized spacial score (nSPS) is 13.7. The summed E-state index contributed by atoms with van der Waals surface area (Å²) in [4.78, 5) is 40.3. The Balaban J connectivity index is 1.79. The molecule has 1 aromatic heterocycles. The summed E-state index contributed by atoms with van der Waals surface area (Å²) < 4.78 is 27.7. The molecule has 0 saturated carbocycles. The van der Waals surface area contributed by atoms with Crippen LogP contribution in [0.2, 0.25) is 0 Å². The molecule has 0 N–H and O–H groups in total. The monoisotopic (exact) mass is 372 g/mol. The van der Waals surface area contributed by atoms with Crippen molar-refractivity contribution in [3.05, 3.63) is 69.5 Å². The topological polar surface area (TPSA) is 98.3 Å². The first-order valence-electron chi connectivity index (χ1n) is 7.77. The summed E-state index contributed by atoms with van der Waals surface area (Å²) in [6, 6.07) is 9.87. The van der Waals surface area contributed by atoms with Crippen LogP contribution in [0.1, 0.15) is 33.1 Å². The lowest BCUT2D eigenvalue weighted by Crippen LogP contribution is -2.30. The first-order chi connectivity index (χ1) is 12.9. The molecular formula is C17H10F2N4O4. The third-order valence-electron chi connectivity index (χ3n) is 4.34. The summed E-state index contributed by atoms with van der Waals surface area (Å²) in [5.74, 6) is -1.88. The fourth-order valence-corrected chi connectivity index (χ4v) is 3.18. The molecule has 3 aromatic rings. The highest BCUT2D eigenvalue weighted by atomic mass is 19.3. The maximum atomic E-state index is 13.5. The van der Waals surface area contributed by atoms with Crippen molar-refractivity contribution in [1.29, 1.82) is 0 Å². The Bertz CT molecular complexity index is 1130. The second-order valence-electron chi connectivity index (χ2n) is 5.82. The van der Waals surface area contributed by atoms with Crippen molar-refractivity contribution in [1.82, 2.24) is 14.5 Å². The molecule has 0 radical (unpaired) electrons. The molecule has 1 aliphatic heterocycles. The van der Waals surface area contributed by atoms with Crippen LogP contribution in [0.4, 0.5) is 14.5 Å². The summed E-state index contributed by atoms with van der Waals surface area (Å²) in [6.07, 6.45) is 0. The van der Waals surface area contributed by atoms with E-state index in [1.807, 2.05) is 0 Å². The van der Waals surface area contributed by atoms with Gasteiger partial charge in [0.25, 0.3) is 17.5 Å². The average molecular weight is 372 g/mol. The number of aromatic nitrogens is 2. The van der Waals surface area contributed by atoms with Gasteiger partial charge in [0.1, 0.15) is 11.4 Å². The highest BCUT2D eigenvalue weighted by Crippen LogP contribution is 2.32. The molecule has 136 valence electrons. The number of nitrogens with zero attached hydrogens (tertiary/aromatic N) is 4. The molecule has 0 aliphatic carbocycles. The van der Waals surface area contributed by atoms with E-state index in [4.69, 9.17) is 0 Å². The minimum Gasteiger partial charge on any atom is -0.269 e. The second-order valence-corrected chi connectivity index (χ2v) is 5.82. The number of imide groups is 1. The molecule has 0 atom stereocenters. The van der Waals surface area contributed by atoms with E-state index in [-0.39, 0.29) is 28.0 Å². The Labute approximate surface area is 149 Å². The third kappa shape index (κ3) is 2.45. The number of nitro groups is 1. The summed E-state index contributed by atoms with van der Waals surface area (Å²) in [6.45, 7) is -3.46. The summed E-state index contributed by atoms with van der Waals surface area (Å²) in [5, 5.41) is 11.1. The molecule has 0 spiro atoms.